The van der Waals surface area contributed by atoms with Crippen molar-refractivity contribution in [1.29, 1.82) is 0 Å². The predicted octanol–water partition coefficient (Wildman–Crippen LogP) is -0.757. The van der Waals surface area contributed by atoms with E-state index in [0.717, 1.165) is 5.41 Å². The van der Waals surface area contributed by atoms with E-state index in [1.54, 1.807) is 0 Å². The zero-order valence-electron chi connectivity index (χ0n) is 10.5. The Bertz CT molecular complexity index is 897. The number of nitrogens with zero attached hydrogens (tertiary/aromatic N) is 2. The van der Waals surface area contributed by atoms with Crippen molar-refractivity contribution in [3.05, 3.63) is 28.2 Å². The highest BCUT2D eigenvalue weighted by Gasteiger charge is 2.22. The smallest absolute Gasteiger partial charge is 0.278 e. The number of aromatic amines is 2. The highest BCUT2D eigenvalue weighted by atomic mass is 32.2. The lowest BCUT2D eigenvalue weighted by Crippen LogP contribution is -2.38. The molecule has 2 aromatic rings. The molecule has 4 N–H and O–H groups in total. The van der Waals surface area contributed by atoms with Gasteiger partial charge in [0.1, 0.15) is 0 Å². The molecule has 0 aromatic carbocycles. The molecule has 0 saturated carbocycles. The molecular formula is C10H10N6O3S2. The Kier molecular flexibility index (Phi) is 3.22. The van der Waals surface area contributed by atoms with E-state index < -0.39 is 15.9 Å². The molecule has 2 aromatic heterocycles. The number of rotatable bonds is 2. The topological polar surface area (TPSA) is 133 Å². The van der Waals surface area contributed by atoms with Crippen molar-refractivity contribution in [3.63, 3.8) is 0 Å². The van der Waals surface area contributed by atoms with Crippen LogP contribution in [0.3, 0.4) is 0 Å². The number of H-pyrrole nitrogens is 2. The minimum Gasteiger partial charge on any atom is -0.355 e. The molecule has 0 radical (unpaired) electrons. The van der Waals surface area contributed by atoms with Crippen LogP contribution in [0.1, 0.15) is 0 Å². The summed E-state index contributed by atoms with van der Waals surface area (Å²) in [5, 5.41) is 6.79. The van der Waals surface area contributed by atoms with Gasteiger partial charge in [0.2, 0.25) is 5.95 Å². The van der Waals surface area contributed by atoms with Gasteiger partial charge in [-0.1, -0.05) is 0 Å². The van der Waals surface area contributed by atoms with Crippen LogP contribution >= 0.6 is 12.2 Å². The molecule has 0 aliphatic carbocycles. The van der Waals surface area contributed by atoms with Crippen molar-refractivity contribution in [1.82, 2.24) is 25.3 Å². The van der Waals surface area contributed by atoms with Crippen LogP contribution in [0.4, 0.5) is 5.95 Å². The average molecular weight is 326 g/mol. The minimum atomic E-state index is -3.16. The van der Waals surface area contributed by atoms with Gasteiger partial charge >= 0.3 is 0 Å². The number of imidazole rings is 1. The standard InChI is InChI=1S/C10H10N6O3S2/c17-8-6-7(12-4-11-6)14-9(15-8)16-10(20)13-5-1-2-21(18,19)3-5/h1-2,4-5H,3H2,(H4,11,12,13,14,15,16,17,20)/t5-/m0/s1. The molecule has 0 amide bonds. The maximum atomic E-state index is 11.7. The zero-order valence-corrected chi connectivity index (χ0v) is 12.1. The van der Waals surface area contributed by atoms with Crippen LogP contribution in [0.25, 0.3) is 11.2 Å². The SMILES string of the molecule is O=c1[nH]c(NC(=S)N[C@H]2C=CS(=O)(=O)C2)nc2nc[nH]c12. The number of anilines is 1. The first-order valence-electron chi connectivity index (χ1n) is 5.85. The van der Waals surface area contributed by atoms with E-state index in [4.69, 9.17) is 12.2 Å². The van der Waals surface area contributed by atoms with E-state index in [1.807, 2.05) is 0 Å². The Morgan fingerprint density at radius 1 is 1.48 bits per heavy atom. The lowest BCUT2D eigenvalue weighted by Gasteiger charge is -2.13. The molecule has 21 heavy (non-hydrogen) atoms. The second-order valence-electron chi connectivity index (χ2n) is 4.38. The first kappa shape index (κ1) is 13.7. The molecule has 9 nitrogen and oxygen atoms in total. The number of fused-ring (bicyclic) bond motifs is 1. The summed E-state index contributed by atoms with van der Waals surface area (Å²) in [6, 6.07) is -0.407. The molecule has 110 valence electrons. The monoisotopic (exact) mass is 326 g/mol. The molecule has 3 heterocycles. The molecule has 11 heteroatoms. The second-order valence-corrected chi connectivity index (χ2v) is 6.72. The maximum absolute atomic E-state index is 11.7. The quantitative estimate of drug-likeness (QED) is 0.530. The summed E-state index contributed by atoms with van der Waals surface area (Å²) in [4.78, 5) is 24.8. The predicted molar refractivity (Wildman–Crippen MR) is 80.6 cm³/mol. The summed E-state index contributed by atoms with van der Waals surface area (Å²) in [5.41, 5.74) is 0.141. The maximum Gasteiger partial charge on any atom is 0.278 e. The van der Waals surface area contributed by atoms with E-state index in [0.29, 0.717) is 0 Å². The van der Waals surface area contributed by atoms with Gasteiger partial charge in [-0.15, -0.1) is 0 Å². The van der Waals surface area contributed by atoms with Crippen LogP contribution in [0.5, 0.6) is 0 Å². The first-order chi connectivity index (χ1) is 9.93. The summed E-state index contributed by atoms with van der Waals surface area (Å²) in [5.74, 6) is 0.0684. The molecule has 0 bridgehead atoms. The lowest BCUT2D eigenvalue weighted by atomic mass is 10.3. The summed E-state index contributed by atoms with van der Waals surface area (Å²) in [6.45, 7) is 0. The van der Waals surface area contributed by atoms with Gasteiger partial charge in [0.25, 0.3) is 5.56 Å². The van der Waals surface area contributed by atoms with E-state index in [2.05, 4.69) is 30.6 Å². The number of sulfone groups is 1. The van der Waals surface area contributed by atoms with Crippen LogP contribution in [0, 0.1) is 0 Å². The van der Waals surface area contributed by atoms with E-state index in [-0.39, 0.29) is 33.5 Å². The largest absolute Gasteiger partial charge is 0.355 e. The number of nitrogens with one attached hydrogen (secondary N) is 4. The first-order valence-corrected chi connectivity index (χ1v) is 7.97. The van der Waals surface area contributed by atoms with Gasteiger partial charge in [0, 0.05) is 5.41 Å². The molecule has 0 fully saturated rings. The van der Waals surface area contributed by atoms with Gasteiger partial charge in [-0.25, -0.2) is 13.4 Å². The highest BCUT2D eigenvalue weighted by Crippen LogP contribution is 2.08. The lowest BCUT2D eigenvalue weighted by molar-refractivity contribution is 0.603. The van der Waals surface area contributed by atoms with Crippen LogP contribution in [-0.4, -0.2) is 45.3 Å². The molecular weight excluding hydrogens is 316 g/mol. The number of thiocarbonyl (C=S) groups is 1. The third kappa shape index (κ3) is 2.92. The summed E-state index contributed by atoms with van der Waals surface area (Å²) < 4.78 is 22.6. The van der Waals surface area contributed by atoms with Gasteiger partial charge in [0.05, 0.1) is 18.1 Å². The van der Waals surface area contributed by atoms with Gasteiger partial charge in [-0.2, -0.15) is 4.98 Å². The Hall–Kier alpha value is -2.27. The minimum absolute atomic E-state index is 0.0584. The van der Waals surface area contributed by atoms with Crippen LogP contribution in [0.2, 0.25) is 0 Å². The van der Waals surface area contributed by atoms with Gasteiger partial charge < -0.3 is 15.6 Å². The average Bonchev–Trinajstić information content (AvgIpc) is 2.96. The normalized spacial score (nSPS) is 19.7. The van der Waals surface area contributed by atoms with Crippen LogP contribution in [0.15, 0.2) is 22.6 Å². The van der Waals surface area contributed by atoms with E-state index in [9.17, 15) is 13.2 Å². The molecule has 0 spiro atoms. The molecule has 1 aliphatic rings. The van der Waals surface area contributed by atoms with Crippen molar-refractivity contribution in [2.24, 2.45) is 0 Å². The Morgan fingerprint density at radius 2 is 2.29 bits per heavy atom. The molecule has 1 aliphatic heterocycles. The molecule has 1 atom stereocenters. The van der Waals surface area contributed by atoms with Crippen LogP contribution < -0.4 is 16.2 Å². The number of aromatic nitrogens is 4. The second kappa shape index (κ2) is 4.93. The molecule has 0 saturated heterocycles. The Labute approximate surface area is 123 Å². The zero-order chi connectivity index (χ0) is 15.0. The van der Waals surface area contributed by atoms with Crippen molar-refractivity contribution >= 4 is 44.3 Å². The number of hydrogen-bond acceptors (Lipinski definition) is 6. The Morgan fingerprint density at radius 3 is 3.00 bits per heavy atom. The van der Waals surface area contributed by atoms with Crippen LogP contribution in [-0.2, 0) is 9.84 Å². The van der Waals surface area contributed by atoms with Crippen molar-refractivity contribution in [2.75, 3.05) is 11.1 Å². The van der Waals surface area contributed by atoms with E-state index in [1.165, 1.54) is 12.4 Å². The molecule has 0 unspecified atom stereocenters. The number of hydrogen-bond donors (Lipinski definition) is 4. The third-order valence-corrected chi connectivity index (χ3v) is 4.39. The fourth-order valence-corrected chi connectivity index (χ4v) is 3.36. The summed E-state index contributed by atoms with van der Waals surface area (Å²) in [6.07, 6.45) is 2.87. The summed E-state index contributed by atoms with van der Waals surface area (Å²) in [7, 11) is -3.16. The van der Waals surface area contributed by atoms with Gasteiger partial charge in [0.15, 0.2) is 26.1 Å². The van der Waals surface area contributed by atoms with Crippen molar-refractivity contribution in [3.8, 4) is 0 Å². The van der Waals surface area contributed by atoms with Gasteiger partial charge in [-0.3, -0.25) is 9.78 Å². The van der Waals surface area contributed by atoms with Crippen molar-refractivity contribution in [2.45, 2.75) is 6.04 Å². The summed E-state index contributed by atoms with van der Waals surface area (Å²) >= 11 is 5.05. The van der Waals surface area contributed by atoms with E-state index >= 15 is 0 Å². The third-order valence-electron chi connectivity index (χ3n) is 2.77. The fourth-order valence-electron chi connectivity index (χ4n) is 1.88. The highest BCUT2D eigenvalue weighted by molar-refractivity contribution is 7.94. The molecule has 3 rings (SSSR count). The Balaban J connectivity index is 1.72. The fraction of sp³-hybridized carbons (Fsp3) is 0.200. The van der Waals surface area contributed by atoms with Crippen molar-refractivity contribution < 1.29 is 8.42 Å². The van der Waals surface area contributed by atoms with Gasteiger partial charge in [-0.05, 0) is 18.3 Å².